The molecule has 3 rings (SSSR count). The molecule has 0 bridgehead atoms. The first-order chi connectivity index (χ1) is 14.1. The van der Waals surface area contributed by atoms with E-state index in [9.17, 15) is 9.59 Å². The standard InChI is InChI=1S/C22H29ClN4O2/c23-20-15-19(6-5-18(20)16-24)25-21(28)9-14-26-12-7-17(8-13-26)22(29)27-10-3-1-2-4-11-27/h5-6,15,17H,1-4,7-14H2,(H,25,28). The zero-order chi connectivity index (χ0) is 20.6. The maximum absolute atomic E-state index is 12.8. The second-order valence-electron chi connectivity index (χ2n) is 7.96. The normalized spacial score (nSPS) is 18.7. The first-order valence-corrected chi connectivity index (χ1v) is 11.0. The van der Waals surface area contributed by atoms with Gasteiger partial charge in [0.2, 0.25) is 11.8 Å². The van der Waals surface area contributed by atoms with Crippen molar-refractivity contribution in [2.75, 3.05) is 38.0 Å². The highest BCUT2D eigenvalue weighted by Gasteiger charge is 2.28. The van der Waals surface area contributed by atoms with Gasteiger partial charge in [-0.15, -0.1) is 0 Å². The van der Waals surface area contributed by atoms with Crippen LogP contribution in [0.4, 0.5) is 5.69 Å². The van der Waals surface area contributed by atoms with E-state index in [1.807, 2.05) is 6.07 Å². The molecule has 29 heavy (non-hydrogen) atoms. The molecule has 2 saturated heterocycles. The number of halogens is 1. The second kappa shape index (κ2) is 10.6. The largest absolute Gasteiger partial charge is 0.342 e. The third-order valence-electron chi connectivity index (χ3n) is 5.88. The Balaban J connectivity index is 1.39. The molecule has 6 nitrogen and oxygen atoms in total. The summed E-state index contributed by atoms with van der Waals surface area (Å²) < 4.78 is 0. The molecular formula is C22H29ClN4O2. The van der Waals surface area contributed by atoms with Crippen LogP contribution in [0.3, 0.4) is 0 Å². The lowest BCUT2D eigenvalue weighted by molar-refractivity contribution is -0.137. The number of rotatable bonds is 5. The van der Waals surface area contributed by atoms with Gasteiger partial charge in [-0.05, 0) is 57.0 Å². The van der Waals surface area contributed by atoms with Crippen LogP contribution in [0.5, 0.6) is 0 Å². The van der Waals surface area contributed by atoms with Crippen LogP contribution in [0, 0.1) is 17.2 Å². The molecule has 2 aliphatic rings. The highest BCUT2D eigenvalue weighted by Crippen LogP contribution is 2.23. The summed E-state index contributed by atoms with van der Waals surface area (Å²) in [5.74, 6) is 0.398. The first-order valence-electron chi connectivity index (χ1n) is 10.6. The number of carbonyl (C=O) groups is 2. The number of piperidine rings is 1. The monoisotopic (exact) mass is 416 g/mol. The van der Waals surface area contributed by atoms with Crippen molar-refractivity contribution in [3.05, 3.63) is 28.8 Å². The van der Waals surface area contributed by atoms with Crippen LogP contribution in [0.1, 0.15) is 50.5 Å². The summed E-state index contributed by atoms with van der Waals surface area (Å²) in [4.78, 5) is 29.3. The van der Waals surface area contributed by atoms with Crippen molar-refractivity contribution in [3.63, 3.8) is 0 Å². The summed E-state index contributed by atoms with van der Waals surface area (Å²) in [7, 11) is 0. The lowest BCUT2D eigenvalue weighted by atomic mass is 9.95. The number of likely N-dealkylation sites (tertiary alicyclic amines) is 2. The molecule has 156 valence electrons. The van der Waals surface area contributed by atoms with Gasteiger partial charge >= 0.3 is 0 Å². The number of hydrogen-bond acceptors (Lipinski definition) is 4. The molecule has 0 saturated carbocycles. The molecule has 1 aromatic carbocycles. The molecule has 2 amide bonds. The molecule has 0 aliphatic carbocycles. The maximum Gasteiger partial charge on any atom is 0.225 e. The van der Waals surface area contributed by atoms with Crippen LogP contribution in [-0.2, 0) is 9.59 Å². The van der Waals surface area contributed by atoms with Gasteiger partial charge in [0.1, 0.15) is 6.07 Å². The van der Waals surface area contributed by atoms with Gasteiger partial charge in [0, 0.05) is 37.7 Å². The van der Waals surface area contributed by atoms with E-state index in [1.54, 1.807) is 18.2 Å². The number of hydrogen-bond donors (Lipinski definition) is 1. The summed E-state index contributed by atoms with van der Waals surface area (Å²) in [5, 5.41) is 12.1. The lowest BCUT2D eigenvalue weighted by Crippen LogP contribution is -2.43. The Hall–Kier alpha value is -2.10. The average molecular weight is 417 g/mol. The zero-order valence-corrected chi connectivity index (χ0v) is 17.6. The SMILES string of the molecule is N#Cc1ccc(NC(=O)CCN2CCC(C(=O)N3CCCCCC3)CC2)cc1Cl. The predicted molar refractivity (Wildman–Crippen MR) is 114 cm³/mol. The van der Waals surface area contributed by atoms with Gasteiger partial charge < -0.3 is 15.1 Å². The molecule has 0 atom stereocenters. The maximum atomic E-state index is 12.8. The van der Waals surface area contributed by atoms with Crippen molar-refractivity contribution in [3.8, 4) is 6.07 Å². The van der Waals surface area contributed by atoms with Gasteiger partial charge in [0.05, 0.1) is 10.6 Å². The van der Waals surface area contributed by atoms with Crippen molar-refractivity contribution in [2.24, 2.45) is 5.92 Å². The fourth-order valence-corrected chi connectivity index (χ4v) is 4.34. The number of benzene rings is 1. The fourth-order valence-electron chi connectivity index (χ4n) is 4.12. The van der Waals surface area contributed by atoms with E-state index >= 15 is 0 Å². The van der Waals surface area contributed by atoms with E-state index in [1.165, 1.54) is 12.8 Å². The number of carbonyl (C=O) groups excluding carboxylic acids is 2. The molecule has 2 aliphatic heterocycles. The van der Waals surface area contributed by atoms with E-state index in [-0.39, 0.29) is 11.8 Å². The number of nitrogens with one attached hydrogen (secondary N) is 1. The number of nitriles is 1. The molecule has 0 aromatic heterocycles. The van der Waals surface area contributed by atoms with Crippen LogP contribution in [0.25, 0.3) is 0 Å². The van der Waals surface area contributed by atoms with Gasteiger partial charge in [-0.3, -0.25) is 9.59 Å². The topological polar surface area (TPSA) is 76.4 Å². The summed E-state index contributed by atoms with van der Waals surface area (Å²) in [6.07, 6.45) is 6.87. The van der Waals surface area contributed by atoms with E-state index in [2.05, 4.69) is 15.1 Å². The molecule has 0 spiro atoms. The van der Waals surface area contributed by atoms with Gasteiger partial charge in [0.15, 0.2) is 0 Å². The Morgan fingerprint density at radius 2 is 1.79 bits per heavy atom. The Bertz CT molecular complexity index is 761. The van der Waals surface area contributed by atoms with Crippen LogP contribution in [-0.4, -0.2) is 54.3 Å². The Morgan fingerprint density at radius 1 is 1.10 bits per heavy atom. The van der Waals surface area contributed by atoms with E-state index < -0.39 is 0 Å². The zero-order valence-electron chi connectivity index (χ0n) is 16.8. The molecule has 7 heteroatoms. The van der Waals surface area contributed by atoms with Crippen molar-refractivity contribution >= 4 is 29.1 Å². The molecule has 0 unspecified atom stereocenters. The average Bonchev–Trinajstić information content (AvgIpc) is 3.02. The highest BCUT2D eigenvalue weighted by atomic mass is 35.5. The molecule has 1 N–H and O–H groups in total. The van der Waals surface area contributed by atoms with Crippen molar-refractivity contribution < 1.29 is 9.59 Å². The minimum atomic E-state index is -0.0754. The smallest absolute Gasteiger partial charge is 0.225 e. The number of anilines is 1. The quantitative estimate of drug-likeness (QED) is 0.794. The summed E-state index contributed by atoms with van der Waals surface area (Å²) in [6, 6.07) is 6.88. The van der Waals surface area contributed by atoms with E-state index in [4.69, 9.17) is 16.9 Å². The van der Waals surface area contributed by atoms with Crippen LogP contribution in [0.15, 0.2) is 18.2 Å². The Labute approximate surface area is 177 Å². The van der Waals surface area contributed by atoms with Gasteiger partial charge in [0.25, 0.3) is 0 Å². The summed E-state index contributed by atoms with van der Waals surface area (Å²) in [5.41, 5.74) is 0.989. The van der Waals surface area contributed by atoms with Gasteiger partial charge in [-0.25, -0.2) is 0 Å². The molecule has 0 radical (unpaired) electrons. The Morgan fingerprint density at radius 3 is 2.41 bits per heavy atom. The third-order valence-corrected chi connectivity index (χ3v) is 6.20. The minimum absolute atomic E-state index is 0.0754. The van der Waals surface area contributed by atoms with Crippen molar-refractivity contribution in [2.45, 2.75) is 44.9 Å². The predicted octanol–water partition coefficient (Wildman–Crippen LogP) is 3.65. The van der Waals surface area contributed by atoms with Gasteiger partial charge in [-0.1, -0.05) is 24.4 Å². The van der Waals surface area contributed by atoms with Crippen LogP contribution in [0.2, 0.25) is 5.02 Å². The van der Waals surface area contributed by atoms with E-state index in [0.717, 1.165) is 51.9 Å². The fraction of sp³-hybridized carbons (Fsp3) is 0.591. The molecule has 2 heterocycles. The number of amides is 2. The number of nitrogens with zero attached hydrogens (tertiary/aromatic N) is 3. The summed E-state index contributed by atoms with van der Waals surface area (Å²) >= 11 is 6.00. The van der Waals surface area contributed by atoms with E-state index in [0.29, 0.717) is 35.1 Å². The summed E-state index contributed by atoms with van der Waals surface area (Å²) in [6.45, 7) is 4.23. The minimum Gasteiger partial charge on any atom is -0.342 e. The van der Waals surface area contributed by atoms with Crippen molar-refractivity contribution in [1.29, 1.82) is 5.26 Å². The van der Waals surface area contributed by atoms with Gasteiger partial charge in [-0.2, -0.15) is 5.26 Å². The second-order valence-corrected chi connectivity index (χ2v) is 8.37. The first kappa shape index (κ1) is 21.6. The molecule has 2 fully saturated rings. The Kier molecular flexibility index (Phi) is 7.91. The molecular weight excluding hydrogens is 388 g/mol. The van der Waals surface area contributed by atoms with Crippen LogP contribution < -0.4 is 5.32 Å². The lowest BCUT2D eigenvalue weighted by Gasteiger charge is -2.33. The van der Waals surface area contributed by atoms with Crippen molar-refractivity contribution in [1.82, 2.24) is 9.80 Å². The third kappa shape index (κ3) is 6.19. The highest BCUT2D eigenvalue weighted by molar-refractivity contribution is 6.32. The van der Waals surface area contributed by atoms with Crippen LogP contribution >= 0.6 is 11.6 Å². The molecule has 1 aromatic rings.